The lowest BCUT2D eigenvalue weighted by Gasteiger charge is -2.13. The van der Waals surface area contributed by atoms with Crippen LogP contribution in [-0.2, 0) is 14.8 Å². The number of rotatable bonds is 11. The monoisotopic (exact) mass is 382 g/mol. The van der Waals surface area contributed by atoms with Crippen molar-refractivity contribution in [3.8, 4) is 0 Å². The maximum Gasteiger partial charge on any atom is 0.251 e. The molecule has 0 bridgehead atoms. The molecule has 0 atom stereocenters. The highest BCUT2D eigenvalue weighted by Crippen LogP contribution is 2.20. The third-order valence-corrected chi connectivity index (χ3v) is 5.99. The first-order valence-corrected chi connectivity index (χ1v) is 11.0. The van der Waals surface area contributed by atoms with Gasteiger partial charge < -0.3 is 10.1 Å². The number of unbranched alkanes of at least 4 members (excludes halogenated alkanes) is 1. The summed E-state index contributed by atoms with van der Waals surface area (Å²) >= 11 is 0. The fourth-order valence-electron chi connectivity index (χ4n) is 2.96. The molecule has 6 nitrogen and oxygen atoms in total. The maximum atomic E-state index is 12.5. The van der Waals surface area contributed by atoms with Crippen LogP contribution in [-0.4, -0.2) is 40.1 Å². The molecule has 1 aliphatic rings. The van der Waals surface area contributed by atoms with Crippen LogP contribution >= 0.6 is 0 Å². The normalized spacial score (nSPS) is 15.3. The van der Waals surface area contributed by atoms with Crippen molar-refractivity contribution in [3.63, 3.8) is 0 Å². The first-order valence-electron chi connectivity index (χ1n) is 9.51. The Hall–Kier alpha value is -1.44. The number of carbonyl (C=O) groups excluding carboxylic acids is 1. The van der Waals surface area contributed by atoms with Crippen molar-refractivity contribution in [2.24, 2.45) is 0 Å². The molecular weight excluding hydrogens is 352 g/mol. The van der Waals surface area contributed by atoms with Gasteiger partial charge in [0.15, 0.2) is 0 Å². The Morgan fingerprint density at radius 2 is 1.92 bits per heavy atom. The van der Waals surface area contributed by atoms with Crippen LogP contribution in [0.3, 0.4) is 0 Å². The van der Waals surface area contributed by atoms with Crippen LogP contribution in [0.4, 0.5) is 0 Å². The quantitative estimate of drug-likeness (QED) is 0.577. The summed E-state index contributed by atoms with van der Waals surface area (Å²) in [5, 5.41) is 2.81. The summed E-state index contributed by atoms with van der Waals surface area (Å²) in [6, 6.07) is 6.19. The minimum absolute atomic E-state index is 0.00481. The number of benzene rings is 1. The molecule has 0 heterocycles. The molecule has 2 N–H and O–H groups in total. The Balaban J connectivity index is 1.84. The van der Waals surface area contributed by atoms with Crippen LogP contribution in [0.25, 0.3) is 0 Å². The van der Waals surface area contributed by atoms with E-state index in [1.807, 2.05) is 0 Å². The molecule has 146 valence electrons. The summed E-state index contributed by atoms with van der Waals surface area (Å²) in [5.41, 5.74) is 0.353. The molecule has 1 aliphatic carbocycles. The lowest BCUT2D eigenvalue weighted by molar-refractivity contribution is 0.0940. The second kappa shape index (κ2) is 10.6. The average molecular weight is 383 g/mol. The molecule has 0 spiro atoms. The van der Waals surface area contributed by atoms with E-state index >= 15 is 0 Å². The minimum Gasteiger partial charge on any atom is -0.381 e. The topological polar surface area (TPSA) is 84.5 Å². The maximum absolute atomic E-state index is 12.5. The average Bonchev–Trinajstić information content (AvgIpc) is 3.13. The van der Waals surface area contributed by atoms with Gasteiger partial charge in [-0.25, -0.2) is 13.1 Å². The number of hydrogen-bond acceptors (Lipinski definition) is 4. The van der Waals surface area contributed by atoms with Crippen molar-refractivity contribution in [3.05, 3.63) is 29.8 Å². The van der Waals surface area contributed by atoms with E-state index in [0.29, 0.717) is 18.7 Å². The van der Waals surface area contributed by atoms with Gasteiger partial charge in [0.2, 0.25) is 10.0 Å². The van der Waals surface area contributed by atoms with Crippen LogP contribution in [0, 0.1) is 0 Å². The van der Waals surface area contributed by atoms with Gasteiger partial charge >= 0.3 is 0 Å². The van der Waals surface area contributed by atoms with Crippen LogP contribution in [0.15, 0.2) is 29.2 Å². The van der Waals surface area contributed by atoms with Crippen molar-refractivity contribution in [2.45, 2.75) is 62.8 Å². The van der Waals surface area contributed by atoms with Gasteiger partial charge in [-0.2, -0.15) is 0 Å². The van der Waals surface area contributed by atoms with E-state index in [4.69, 9.17) is 4.74 Å². The third kappa shape index (κ3) is 6.70. The number of carbonyl (C=O) groups is 1. The SMILES string of the molecule is CCCCOCCCNC(=O)c1cccc(S(=O)(=O)NC2CCCC2)c1. The van der Waals surface area contributed by atoms with Gasteiger partial charge in [-0.1, -0.05) is 32.3 Å². The fraction of sp³-hybridized carbons (Fsp3) is 0.632. The molecule has 0 unspecified atom stereocenters. The van der Waals surface area contributed by atoms with Crippen LogP contribution in [0.2, 0.25) is 0 Å². The van der Waals surface area contributed by atoms with Gasteiger partial charge in [0.1, 0.15) is 0 Å². The Morgan fingerprint density at radius 1 is 1.19 bits per heavy atom. The van der Waals surface area contributed by atoms with Crippen LogP contribution in [0.1, 0.15) is 62.2 Å². The molecule has 0 saturated heterocycles. The minimum atomic E-state index is -3.59. The van der Waals surface area contributed by atoms with Crippen molar-refractivity contribution in [1.82, 2.24) is 10.0 Å². The van der Waals surface area contributed by atoms with E-state index in [0.717, 1.165) is 51.6 Å². The molecule has 0 aromatic heterocycles. The number of hydrogen-bond donors (Lipinski definition) is 2. The first-order chi connectivity index (χ1) is 12.5. The predicted octanol–water partition coefficient (Wildman–Crippen LogP) is 2.84. The van der Waals surface area contributed by atoms with Crippen LogP contribution in [0.5, 0.6) is 0 Å². The predicted molar refractivity (Wildman–Crippen MR) is 102 cm³/mol. The van der Waals surface area contributed by atoms with Crippen molar-refractivity contribution < 1.29 is 17.9 Å². The number of amides is 1. The highest BCUT2D eigenvalue weighted by molar-refractivity contribution is 7.89. The molecule has 0 aliphatic heterocycles. The van der Waals surface area contributed by atoms with Gasteiger partial charge in [-0.3, -0.25) is 4.79 Å². The van der Waals surface area contributed by atoms with Crippen LogP contribution < -0.4 is 10.0 Å². The zero-order valence-corrected chi connectivity index (χ0v) is 16.3. The fourth-order valence-corrected chi connectivity index (χ4v) is 4.31. The Kier molecular flexibility index (Phi) is 8.54. The second-order valence-corrected chi connectivity index (χ2v) is 8.42. The van der Waals surface area contributed by atoms with E-state index in [2.05, 4.69) is 17.0 Å². The summed E-state index contributed by atoms with van der Waals surface area (Å²) in [6.45, 7) is 3.97. The Labute approximate surface area is 156 Å². The summed E-state index contributed by atoms with van der Waals surface area (Å²) in [4.78, 5) is 12.4. The van der Waals surface area contributed by atoms with Crippen molar-refractivity contribution in [1.29, 1.82) is 0 Å². The third-order valence-electron chi connectivity index (χ3n) is 4.48. The molecule has 1 aromatic rings. The molecule has 1 aromatic carbocycles. The first kappa shape index (κ1) is 20.9. The summed E-state index contributed by atoms with van der Waals surface area (Å²) in [7, 11) is -3.59. The number of ether oxygens (including phenoxy) is 1. The van der Waals surface area contributed by atoms with E-state index in [9.17, 15) is 13.2 Å². The van der Waals surface area contributed by atoms with Gasteiger partial charge in [-0.05, 0) is 43.9 Å². The summed E-state index contributed by atoms with van der Waals surface area (Å²) < 4.78 is 33.2. The number of nitrogens with one attached hydrogen (secondary N) is 2. The molecule has 7 heteroatoms. The standard InChI is InChI=1S/C19H30N2O4S/c1-2-3-13-25-14-7-12-20-19(22)16-8-6-11-18(15-16)26(23,24)21-17-9-4-5-10-17/h6,8,11,15,17,21H,2-5,7,9-10,12-14H2,1H3,(H,20,22). The van der Waals surface area contributed by atoms with E-state index < -0.39 is 10.0 Å². The zero-order chi connectivity index (χ0) is 18.8. The molecule has 1 amide bonds. The van der Waals surface area contributed by atoms with Crippen molar-refractivity contribution >= 4 is 15.9 Å². The molecule has 2 rings (SSSR count). The highest BCUT2D eigenvalue weighted by atomic mass is 32.2. The van der Waals surface area contributed by atoms with E-state index in [1.165, 1.54) is 12.1 Å². The summed E-state index contributed by atoms with van der Waals surface area (Å²) in [5.74, 6) is -0.267. The molecule has 0 radical (unpaired) electrons. The molecule has 26 heavy (non-hydrogen) atoms. The Morgan fingerprint density at radius 3 is 2.65 bits per heavy atom. The Bertz CT molecular complexity index is 670. The largest absolute Gasteiger partial charge is 0.381 e. The number of sulfonamides is 1. The van der Waals surface area contributed by atoms with E-state index in [1.54, 1.807) is 12.1 Å². The lowest BCUT2D eigenvalue weighted by atomic mass is 10.2. The smallest absolute Gasteiger partial charge is 0.251 e. The lowest BCUT2D eigenvalue weighted by Crippen LogP contribution is -2.33. The summed E-state index contributed by atoms with van der Waals surface area (Å²) in [6.07, 6.45) is 6.74. The second-order valence-electron chi connectivity index (χ2n) is 6.71. The van der Waals surface area contributed by atoms with Gasteiger partial charge in [0, 0.05) is 31.4 Å². The molecule has 1 fully saturated rings. The van der Waals surface area contributed by atoms with Crippen molar-refractivity contribution in [2.75, 3.05) is 19.8 Å². The van der Waals surface area contributed by atoms with Gasteiger partial charge in [0.25, 0.3) is 5.91 Å². The highest BCUT2D eigenvalue weighted by Gasteiger charge is 2.23. The zero-order valence-electron chi connectivity index (χ0n) is 15.5. The molecule has 1 saturated carbocycles. The van der Waals surface area contributed by atoms with Gasteiger partial charge in [0.05, 0.1) is 4.90 Å². The van der Waals surface area contributed by atoms with Gasteiger partial charge in [-0.15, -0.1) is 0 Å². The molecular formula is C19H30N2O4S. The van der Waals surface area contributed by atoms with E-state index in [-0.39, 0.29) is 16.8 Å².